The average Bonchev–Trinajstić information content (AvgIpc) is 3.04. The topological polar surface area (TPSA) is 144 Å². The minimum Gasteiger partial charge on any atom is -0.491 e. The molecule has 2 aliphatic heterocycles. The maximum absolute atomic E-state index is 13.4. The fourth-order valence-corrected chi connectivity index (χ4v) is 5.77. The first-order valence-electron chi connectivity index (χ1n) is 16.7. The zero-order valence-electron chi connectivity index (χ0n) is 28.0. The van der Waals surface area contributed by atoms with Gasteiger partial charge in [-0.15, -0.1) is 0 Å². The van der Waals surface area contributed by atoms with Crippen LogP contribution in [0.25, 0.3) is 0 Å². The SMILES string of the molecule is CC(C)(C)OC(=O)N1CCC(CCC(=O)N2CCCC(C(=O)NC(CC(=O)O)c3cccc(OCCOCCOCCF)c3)C2)CC1. The third kappa shape index (κ3) is 14.1. The maximum atomic E-state index is 13.4. The van der Waals surface area contributed by atoms with Crippen molar-refractivity contribution in [1.29, 1.82) is 0 Å². The first kappa shape index (κ1) is 38.0. The Morgan fingerprint density at radius 3 is 2.36 bits per heavy atom. The summed E-state index contributed by atoms with van der Waals surface area (Å²) in [4.78, 5) is 54.0. The van der Waals surface area contributed by atoms with Crippen molar-refractivity contribution in [2.24, 2.45) is 11.8 Å². The van der Waals surface area contributed by atoms with E-state index in [0.29, 0.717) is 82.5 Å². The van der Waals surface area contributed by atoms with Gasteiger partial charge in [-0.3, -0.25) is 14.4 Å². The molecule has 12 nitrogen and oxygen atoms in total. The van der Waals surface area contributed by atoms with Gasteiger partial charge < -0.3 is 39.2 Å². The lowest BCUT2D eigenvalue weighted by molar-refractivity contribution is -0.138. The average molecular weight is 666 g/mol. The van der Waals surface area contributed by atoms with Crippen LogP contribution in [-0.2, 0) is 28.6 Å². The summed E-state index contributed by atoms with van der Waals surface area (Å²) in [5.74, 6) is -0.903. The molecule has 2 fully saturated rings. The van der Waals surface area contributed by atoms with Crippen LogP contribution in [0, 0.1) is 11.8 Å². The van der Waals surface area contributed by atoms with Crippen molar-refractivity contribution in [3.05, 3.63) is 29.8 Å². The molecule has 0 aromatic heterocycles. The van der Waals surface area contributed by atoms with Gasteiger partial charge in [-0.1, -0.05) is 12.1 Å². The third-order valence-corrected chi connectivity index (χ3v) is 8.22. The molecule has 0 radical (unpaired) electrons. The summed E-state index contributed by atoms with van der Waals surface area (Å²) >= 11 is 0. The Kier molecular flexibility index (Phi) is 15.7. The van der Waals surface area contributed by atoms with E-state index in [1.54, 1.807) is 34.1 Å². The molecular formula is C34H52FN3O9. The van der Waals surface area contributed by atoms with Crippen LogP contribution in [0.4, 0.5) is 9.18 Å². The highest BCUT2D eigenvalue weighted by atomic mass is 19.1. The summed E-state index contributed by atoms with van der Waals surface area (Å²) in [6.07, 6.45) is 3.45. The number of alkyl halides is 1. The van der Waals surface area contributed by atoms with Crippen LogP contribution in [0.15, 0.2) is 24.3 Å². The van der Waals surface area contributed by atoms with Gasteiger partial charge in [0, 0.05) is 32.6 Å². The van der Waals surface area contributed by atoms with Crippen LogP contribution in [-0.4, -0.2) is 110 Å². The van der Waals surface area contributed by atoms with Crippen LogP contribution in [0.2, 0.25) is 0 Å². The highest BCUT2D eigenvalue weighted by Gasteiger charge is 2.32. The van der Waals surface area contributed by atoms with Gasteiger partial charge in [0.15, 0.2) is 0 Å². The number of piperidine rings is 2. The molecule has 2 N–H and O–H groups in total. The number of nitrogens with one attached hydrogen (secondary N) is 1. The molecule has 13 heteroatoms. The molecule has 2 atom stereocenters. The summed E-state index contributed by atoms with van der Waals surface area (Å²) < 4.78 is 33.7. The zero-order valence-corrected chi connectivity index (χ0v) is 28.0. The van der Waals surface area contributed by atoms with Gasteiger partial charge in [0.2, 0.25) is 11.8 Å². The summed E-state index contributed by atoms with van der Waals surface area (Å²) in [6.45, 7) is 8.30. The van der Waals surface area contributed by atoms with E-state index < -0.39 is 30.2 Å². The second kappa shape index (κ2) is 19.4. The number of likely N-dealkylation sites (tertiary alicyclic amines) is 2. The molecule has 0 aliphatic carbocycles. The number of ether oxygens (including phenoxy) is 4. The van der Waals surface area contributed by atoms with Crippen molar-refractivity contribution in [1.82, 2.24) is 15.1 Å². The van der Waals surface area contributed by atoms with Gasteiger partial charge >= 0.3 is 12.1 Å². The lowest BCUT2D eigenvalue weighted by atomic mass is 9.91. The number of hydrogen-bond acceptors (Lipinski definition) is 8. The molecule has 3 rings (SSSR count). The van der Waals surface area contributed by atoms with E-state index in [-0.39, 0.29) is 37.5 Å². The van der Waals surface area contributed by atoms with Crippen molar-refractivity contribution in [2.75, 3.05) is 65.9 Å². The van der Waals surface area contributed by atoms with Gasteiger partial charge in [0.1, 0.15) is 24.6 Å². The maximum Gasteiger partial charge on any atom is 0.410 e. The van der Waals surface area contributed by atoms with E-state index in [4.69, 9.17) is 18.9 Å². The van der Waals surface area contributed by atoms with Crippen LogP contribution >= 0.6 is 0 Å². The van der Waals surface area contributed by atoms with Crippen molar-refractivity contribution in [2.45, 2.75) is 77.4 Å². The third-order valence-electron chi connectivity index (χ3n) is 8.22. The zero-order chi connectivity index (χ0) is 34.2. The number of carbonyl (C=O) groups excluding carboxylic acids is 3. The van der Waals surface area contributed by atoms with Gasteiger partial charge in [-0.2, -0.15) is 0 Å². The summed E-state index contributed by atoms with van der Waals surface area (Å²) in [7, 11) is 0. The van der Waals surface area contributed by atoms with E-state index in [2.05, 4.69) is 5.32 Å². The van der Waals surface area contributed by atoms with Crippen LogP contribution < -0.4 is 10.1 Å². The summed E-state index contributed by atoms with van der Waals surface area (Å²) in [5.41, 5.74) is 0.0629. The Morgan fingerprint density at radius 2 is 1.68 bits per heavy atom. The molecule has 2 unspecified atom stereocenters. The number of hydrogen-bond donors (Lipinski definition) is 2. The van der Waals surface area contributed by atoms with E-state index in [1.165, 1.54) is 0 Å². The molecule has 2 heterocycles. The highest BCUT2D eigenvalue weighted by Crippen LogP contribution is 2.27. The highest BCUT2D eigenvalue weighted by molar-refractivity contribution is 5.82. The quantitative estimate of drug-likeness (QED) is 0.232. The molecular weight excluding hydrogens is 613 g/mol. The lowest BCUT2D eigenvalue weighted by Crippen LogP contribution is -2.46. The molecule has 2 aliphatic rings. The first-order chi connectivity index (χ1) is 22.4. The van der Waals surface area contributed by atoms with Gasteiger partial charge in [-0.05, 0) is 76.5 Å². The lowest BCUT2D eigenvalue weighted by Gasteiger charge is -2.35. The monoisotopic (exact) mass is 665 g/mol. The number of benzene rings is 1. The van der Waals surface area contributed by atoms with Crippen LogP contribution in [0.5, 0.6) is 5.75 Å². The fourth-order valence-electron chi connectivity index (χ4n) is 5.77. The Bertz CT molecular complexity index is 1150. The van der Waals surface area contributed by atoms with Gasteiger partial charge in [-0.25, -0.2) is 9.18 Å². The van der Waals surface area contributed by atoms with Crippen molar-refractivity contribution in [3.63, 3.8) is 0 Å². The normalized spacial score (nSPS) is 18.0. The Labute approximate surface area is 277 Å². The standard InChI is InChI=1S/C34H52FN3O9/c1-34(2,3)47-33(43)37-15-11-25(12-16-37)9-10-30(39)38-14-5-7-27(24-38)32(42)36-29(23-31(40)41)26-6-4-8-28(22-26)46-21-20-45-19-18-44-17-13-35/h4,6,8,22,25,27,29H,5,7,9-21,23-24H2,1-3H3,(H,36,42)(H,40,41). The number of halogens is 1. The number of amides is 3. The molecule has 0 saturated carbocycles. The van der Waals surface area contributed by atoms with Crippen molar-refractivity contribution < 1.29 is 47.6 Å². The van der Waals surface area contributed by atoms with E-state index in [1.807, 2.05) is 20.8 Å². The number of rotatable bonds is 17. The Hall–Kier alpha value is -3.45. The van der Waals surface area contributed by atoms with E-state index >= 15 is 0 Å². The Morgan fingerprint density at radius 1 is 0.979 bits per heavy atom. The van der Waals surface area contributed by atoms with Crippen molar-refractivity contribution in [3.8, 4) is 5.75 Å². The summed E-state index contributed by atoms with van der Waals surface area (Å²) in [6, 6.07) is 6.15. The minimum atomic E-state index is -1.05. The molecule has 1 aromatic rings. The van der Waals surface area contributed by atoms with Gasteiger partial charge in [0.25, 0.3) is 0 Å². The second-order valence-corrected chi connectivity index (χ2v) is 13.1. The molecule has 0 bridgehead atoms. The molecule has 47 heavy (non-hydrogen) atoms. The Balaban J connectivity index is 1.46. The number of carbonyl (C=O) groups is 4. The molecule has 264 valence electrons. The number of carboxylic acid groups (broad SMARTS) is 1. The van der Waals surface area contributed by atoms with Crippen molar-refractivity contribution >= 4 is 23.9 Å². The second-order valence-electron chi connectivity index (χ2n) is 13.1. The fraction of sp³-hybridized carbons (Fsp3) is 0.706. The molecule has 0 spiro atoms. The first-order valence-corrected chi connectivity index (χ1v) is 16.7. The van der Waals surface area contributed by atoms with Gasteiger partial charge in [0.05, 0.1) is 44.8 Å². The molecule has 1 aromatic carbocycles. The van der Waals surface area contributed by atoms with Crippen LogP contribution in [0.3, 0.4) is 0 Å². The molecule has 3 amide bonds. The number of nitrogens with zero attached hydrogens (tertiary/aromatic N) is 2. The minimum absolute atomic E-state index is 0.0141. The predicted octanol–water partition coefficient (Wildman–Crippen LogP) is 4.37. The number of aliphatic carboxylic acids is 1. The molecule has 2 saturated heterocycles. The predicted molar refractivity (Wildman–Crippen MR) is 172 cm³/mol. The van der Waals surface area contributed by atoms with E-state index in [9.17, 15) is 28.7 Å². The van der Waals surface area contributed by atoms with E-state index in [0.717, 1.165) is 19.3 Å². The largest absolute Gasteiger partial charge is 0.491 e. The smallest absolute Gasteiger partial charge is 0.410 e. The summed E-state index contributed by atoms with van der Waals surface area (Å²) in [5, 5.41) is 12.5. The van der Waals surface area contributed by atoms with Crippen LogP contribution in [0.1, 0.15) is 77.3 Å². The number of carboxylic acids is 1.